The normalized spacial score (nSPS) is 10.9. The average molecular weight is 350 g/mol. The Morgan fingerprint density at radius 1 is 1.14 bits per heavy atom. The molecule has 0 aliphatic rings. The number of nitrogens with one attached hydrogen (secondary N) is 1. The first-order valence-corrected chi connectivity index (χ1v) is 7.76. The van der Waals surface area contributed by atoms with Gasteiger partial charge in [0.2, 0.25) is 0 Å². The number of phenols is 1. The molecule has 0 amide bonds. The van der Waals surface area contributed by atoms with Crippen molar-refractivity contribution >= 4 is 15.9 Å². The third kappa shape index (κ3) is 5.06. The zero-order chi connectivity index (χ0) is 15.2. The van der Waals surface area contributed by atoms with E-state index in [2.05, 4.69) is 35.1 Å². The summed E-state index contributed by atoms with van der Waals surface area (Å²) in [7, 11) is 0. The molecule has 0 atom stereocenters. The molecule has 0 bridgehead atoms. The first-order chi connectivity index (χ1) is 10.0. The monoisotopic (exact) mass is 349 g/mol. The summed E-state index contributed by atoms with van der Waals surface area (Å²) >= 11 is 3.56. The lowest BCUT2D eigenvalue weighted by Crippen LogP contribution is -2.22. The van der Waals surface area contributed by atoms with Crippen LogP contribution >= 0.6 is 15.9 Å². The third-order valence-corrected chi connectivity index (χ3v) is 3.83. The molecule has 3 nitrogen and oxygen atoms in total. The van der Waals surface area contributed by atoms with Gasteiger partial charge < -0.3 is 15.2 Å². The van der Waals surface area contributed by atoms with Crippen LogP contribution in [0, 0.1) is 0 Å². The third-order valence-electron chi connectivity index (χ3n) is 3.06. The van der Waals surface area contributed by atoms with Gasteiger partial charge in [0.1, 0.15) is 18.1 Å². The summed E-state index contributed by atoms with van der Waals surface area (Å²) in [6.07, 6.45) is 0. The Balaban J connectivity index is 1.99. The van der Waals surface area contributed by atoms with E-state index in [9.17, 15) is 5.11 Å². The van der Waals surface area contributed by atoms with E-state index in [-0.39, 0.29) is 5.75 Å². The van der Waals surface area contributed by atoms with Gasteiger partial charge in [0.15, 0.2) is 0 Å². The van der Waals surface area contributed by atoms with Gasteiger partial charge in [-0.25, -0.2) is 0 Å². The lowest BCUT2D eigenvalue weighted by Gasteiger charge is -2.12. The highest BCUT2D eigenvalue weighted by molar-refractivity contribution is 9.10. The predicted molar refractivity (Wildman–Crippen MR) is 88.6 cm³/mol. The fourth-order valence-corrected chi connectivity index (χ4v) is 2.24. The number of phenolic OH excluding ortho intramolecular Hbond substituents is 1. The SMILES string of the molecule is CC(C)NCc1cc(OCc2ccc(O)cc2)ccc1Br. The maximum Gasteiger partial charge on any atom is 0.120 e. The van der Waals surface area contributed by atoms with Gasteiger partial charge in [-0.15, -0.1) is 0 Å². The maximum atomic E-state index is 9.26. The van der Waals surface area contributed by atoms with E-state index in [1.165, 1.54) is 5.56 Å². The number of benzene rings is 2. The molecule has 0 saturated heterocycles. The molecule has 112 valence electrons. The molecule has 4 heteroatoms. The summed E-state index contributed by atoms with van der Waals surface area (Å²) in [5, 5.41) is 12.7. The van der Waals surface area contributed by atoms with Crippen molar-refractivity contribution in [3.05, 3.63) is 58.1 Å². The molecule has 2 rings (SSSR count). The minimum Gasteiger partial charge on any atom is -0.508 e. The zero-order valence-corrected chi connectivity index (χ0v) is 13.9. The van der Waals surface area contributed by atoms with Gasteiger partial charge >= 0.3 is 0 Å². The fraction of sp³-hybridized carbons (Fsp3) is 0.294. The molecule has 0 spiro atoms. The Labute approximate surface area is 134 Å². The van der Waals surface area contributed by atoms with Crippen molar-refractivity contribution in [2.24, 2.45) is 0 Å². The van der Waals surface area contributed by atoms with Crippen LogP contribution in [0.1, 0.15) is 25.0 Å². The van der Waals surface area contributed by atoms with Gasteiger partial charge in [-0.1, -0.05) is 41.9 Å². The molecule has 2 aromatic rings. The molecule has 0 radical (unpaired) electrons. The standard InChI is InChI=1S/C17H20BrNO2/c1-12(2)19-10-14-9-16(7-8-17(14)18)21-11-13-3-5-15(20)6-4-13/h3-9,12,19-20H,10-11H2,1-2H3. The number of hydrogen-bond acceptors (Lipinski definition) is 3. The minimum absolute atomic E-state index is 0.268. The van der Waals surface area contributed by atoms with Gasteiger partial charge in [-0.3, -0.25) is 0 Å². The Kier molecular flexibility index (Phi) is 5.65. The Morgan fingerprint density at radius 3 is 2.52 bits per heavy atom. The number of hydrogen-bond donors (Lipinski definition) is 2. The summed E-state index contributed by atoms with van der Waals surface area (Å²) in [5.74, 6) is 1.11. The summed E-state index contributed by atoms with van der Waals surface area (Å²) < 4.78 is 6.88. The predicted octanol–water partition coefficient (Wildman–Crippen LogP) is 4.23. The van der Waals surface area contributed by atoms with Gasteiger partial charge in [0.05, 0.1) is 0 Å². The van der Waals surface area contributed by atoms with Crippen LogP contribution in [0.4, 0.5) is 0 Å². The second-order valence-corrected chi connectivity index (χ2v) is 6.10. The molecule has 0 aliphatic carbocycles. The summed E-state index contributed by atoms with van der Waals surface area (Å²) in [6.45, 7) is 5.53. The highest BCUT2D eigenvalue weighted by atomic mass is 79.9. The van der Waals surface area contributed by atoms with Crippen molar-refractivity contribution in [2.45, 2.75) is 33.0 Å². The number of aromatic hydroxyl groups is 1. The van der Waals surface area contributed by atoms with Crippen molar-refractivity contribution in [2.75, 3.05) is 0 Å². The van der Waals surface area contributed by atoms with Crippen LogP contribution in [-0.4, -0.2) is 11.1 Å². The lowest BCUT2D eigenvalue weighted by molar-refractivity contribution is 0.305. The van der Waals surface area contributed by atoms with Crippen LogP contribution in [0.15, 0.2) is 46.9 Å². The fourth-order valence-electron chi connectivity index (χ4n) is 1.85. The van der Waals surface area contributed by atoms with Crippen molar-refractivity contribution in [3.8, 4) is 11.5 Å². The van der Waals surface area contributed by atoms with Gasteiger partial charge in [-0.05, 0) is 41.5 Å². The van der Waals surface area contributed by atoms with E-state index in [0.29, 0.717) is 12.6 Å². The molecule has 0 unspecified atom stereocenters. The number of halogens is 1. The van der Waals surface area contributed by atoms with Gasteiger partial charge in [0, 0.05) is 17.1 Å². The first-order valence-electron chi connectivity index (χ1n) is 6.97. The summed E-state index contributed by atoms with van der Waals surface area (Å²) in [6, 6.07) is 13.5. The Hall–Kier alpha value is -1.52. The molecule has 0 saturated carbocycles. The highest BCUT2D eigenvalue weighted by Crippen LogP contribution is 2.23. The second kappa shape index (κ2) is 7.48. The van der Waals surface area contributed by atoms with E-state index >= 15 is 0 Å². The zero-order valence-electron chi connectivity index (χ0n) is 12.3. The van der Waals surface area contributed by atoms with Crippen LogP contribution in [0.2, 0.25) is 0 Å². The van der Waals surface area contributed by atoms with E-state index in [0.717, 1.165) is 22.3 Å². The first kappa shape index (κ1) is 15.9. The molecule has 0 aromatic heterocycles. The molecule has 0 heterocycles. The van der Waals surface area contributed by atoms with Crippen LogP contribution in [0.5, 0.6) is 11.5 Å². The lowest BCUT2D eigenvalue weighted by atomic mass is 10.2. The van der Waals surface area contributed by atoms with Gasteiger partial charge in [-0.2, -0.15) is 0 Å². The van der Waals surface area contributed by atoms with Crippen LogP contribution < -0.4 is 10.1 Å². The molecule has 21 heavy (non-hydrogen) atoms. The van der Waals surface area contributed by atoms with Crippen LogP contribution in [0.3, 0.4) is 0 Å². The number of rotatable bonds is 6. The van der Waals surface area contributed by atoms with E-state index in [1.807, 2.05) is 30.3 Å². The Bertz CT molecular complexity index is 582. The smallest absolute Gasteiger partial charge is 0.120 e. The van der Waals surface area contributed by atoms with E-state index in [1.54, 1.807) is 12.1 Å². The van der Waals surface area contributed by atoms with Crippen molar-refractivity contribution in [1.29, 1.82) is 0 Å². The van der Waals surface area contributed by atoms with Crippen molar-refractivity contribution < 1.29 is 9.84 Å². The summed E-state index contributed by atoms with van der Waals surface area (Å²) in [4.78, 5) is 0. The summed E-state index contributed by atoms with van der Waals surface area (Å²) in [5.41, 5.74) is 2.20. The maximum absolute atomic E-state index is 9.26. The molecule has 0 fully saturated rings. The van der Waals surface area contributed by atoms with E-state index < -0.39 is 0 Å². The average Bonchev–Trinajstić information content (AvgIpc) is 2.46. The van der Waals surface area contributed by atoms with E-state index in [4.69, 9.17) is 4.74 Å². The molecule has 0 aliphatic heterocycles. The van der Waals surface area contributed by atoms with Crippen molar-refractivity contribution in [1.82, 2.24) is 5.32 Å². The number of ether oxygens (including phenoxy) is 1. The topological polar surface area (TPSA) is 41.5 Å². The molecular weight excluding hydrogens is 330 g/mol. The van der Waals surface area contributed by atoms with Crippen LogP contribution in [0.25, 0.3) is 0 Å². The van der Waals surface area contributed by atoms with Gasteiger partial charge in [0.25, 0.3) is 0 Å². The Morgan fingerprint density at radius 2 is 1.86 bits per heavy atom. The largest absolute Gasteiger partial charge is 0.508 e. The quantitative estimate of drug-likeness (QED) is 0.819. The minimum atomic E-state index is 0.268. The highest BCUT2D eigenvalue weighted by Gasteiger charge is 2.04. The molecule has 2 aromatic carbocycles. The van der Waals surface area contributed by atoms with Crippen molar-refractivity contribution in [3.63, 3.8) is 0 Å². The van der Waals surface area contributed by atoms with Crippen LogP contribution in [-0.2, 0) is 13.2 Å². The molecule has 2 N–H and O–H groups in total. The second-order valence-electron chi connectivity index (χ2n) is 5.24. The molecular formula is C17H20BrNO2.